The molecule has 0 saturated heterocycles. The predicted molar refractivity (Wildman–Crippen MR) is 81.1 cm³/mol. The SMILES string of the molecule is CCNC(Cc1ccc(OC)cc1)Cc1ccn(C)n1. The number of ether oxygens (including phenoxy) is 1. The van der Waals surface area contributed by atoms with Crippen molar-refractivity contribution in [2.75, 3.05) is 13.7 Å². The number of nitrogens with zero attached hydrogens (tertiary/aromatic N) is 2. The number of hydrogen-bond acceptors (Lipinski definition) is 3. The fraction of sp³-hybridized carbons (Fsp3) is 0.438. The summed E-state index contributed by atoms with van der Waals surface area (Å²) in [5.74, 6) is 0.901. The fourth-order valence-electron chi connectivity index (χ4n) is 2.38. The van der Waals surface area contributed by atoms with E-state index in [2.05, 4.69) is 35.5 Å². The van der Waals surface area contributed by atoms with Crippen LogP contribution in [0.4, 0.5) is 0 Å². The summed E-state index contributed by atoms with van der Waals surface area (Å²) >= 11 is 0. The van der Waals surface area contributed by atoms with E-state index in [1.165, 1.54) is 5.56 Å². The first kappa shape index (κ1) is 14.6. The highest BCUT2D eigenvalue weighted by Gasteiger charge is 2.11. The van der Waals surface area contributed by atoms with Crippen molar-refractivity contribution in [3.05, 3.63) is 47.8 Å². The van der Waals surface area contributed by atoms with Gasteiger partial charge in [-0.1, -0.05) is 19.1 Å². The van der Waals surface area contributed by atoms with Gasteiger partial charge in [-0.05, 0) is 36.7 Å². The van der Waals surface area contributed by atoms with Gasteiger partial charge in [0, 0.05) is 25.7 Å². The molecule has 0 aliphatic carbocycles. The minimum Gasteiger partial charge on any atom is -0.497 e. The van der Waals surface area contributed by atoms with Crippen LogP contribution in [0.25, 0.3) is 0 Å². The minimum atomic E-state index is 0.406. The van der Waals surface area contributed by atoms with E-state index in [0.717, 1.165) is 30.8 Å². The van der Waals surface area contributed by atoms with Crippen molar-refractivity contribution in [1.82, 2.24) is 15.1 Å². The van der Waals surface area contributed by atoms with Crippen LogP contribution in [0, 0.1) is 0 Å². The van der Waals surface area contributed by atoms with Crippen molar-refractivity contribution in [1.29, 1.82) is 0 Å². The first-order valence-corrected chi connectivity index (χ1v) is 7.06. The Balaban J connectivity index is 2.00. The molecule has 2 rings (SSSR count). The van der Waals surface area contributed by atoms with Crippen LogP contribution in [0.1, 0.15) is 18.2 Å². The quantitative estimate of drug-likeness (QED) is 0.840. The Morgan fingerprint density at radius 1 is 1.20 bits per heavy atom. The normalized spacial score (nSPS) is 12.3. The Morgan fingerprint density at radius 2 is 1.95 bits per heavy atom. The van der Waals surface area contributed by atoms with E-state index in [9.17, 15) is 0 Å². The lowest BCUT2D eigenvalue weighted by Crippen LogP contribution is -2.33. The Bertz CT molecular complexity index is 519. The number of nitrogens with one attached hydrogen (secondary N) is 1. The van der Waals surface area contributed by atoms with Crippen LogP contribution >= 0.6 is 0 Å². The fourth-order valence-corrected chi connectivity index (χ4v) is 2.38. The summed E-state index contributed by atoms with van der Waals surface area (Å²) in [6.45, 7) is 3.10. The monoisotopic (exact) mass is 273 g/mol. The molecule has 1 N–H and O–H groups in total. The van der Waals surface area contributed by atoms with E-state index >= 15 is 0 Å². The van der Waals surface area contributed by atoms with Crippen LogP contribution in [0.2, 0.25) is 0 Å². The summed E-state index contributed by atoms with van der Waals surface area (Å²) < 4.78 is 7.04. The Kier molecular flexibility index (Phi) is 5.18. The lowest BCUT2D eigenvalue weighted by molar-refractivity contribution is 0.414. The van der Waals surface area contributed by atoms with E-state index < -0.39 is 0 Å². The van der Waals surface area contributed by atoms with Gasteiger partial charge in [0.15, 0.2) is 0 Å². The second-order valence-electron chi connectivity index (χ2n) is 4.99. The van der Waals surface area contributed by atoms with Crippen LogP contribution in [-0.4, -0.2) is 29.5 Å². The summed E-state index contributed by atoms with van der Waals surface area (Å²) in [5, 5.41) is 8.00. The average Bonchev–Trinajstić information content (AvgIpc) is 2.85. The van der Waals surface area contributed by atoms with Gasteiger partial charge >= 0.3 is 0 Å². The molecule has 1 aromatic heterocycles. The van der Waals surface area contributed by atoms with E-state index in [1.54, 1.807) is 7.11 Å². The van der Waals surface area contributed by atoms with Crippen LogP contribution in [0.5, 0.6) is 5.75 Å². The molecular weight excluding hydrogens is 250 g/mol. The van der Waals surface area contributed by atoms with Crippen LogP contribution in [0.3, 0.4) is 0 Å². The van der Waals surface area contributed by atoms with Gasteiger partial charge in [0.25, 0.3) is 0 Å². The van der Waals surface area contributed by atoms with Gasteiger partial charge in [-0.2, -0.15) is 5.10 Å². The maximum atomic E-state index is 5.19. The largest absolute Gasteiger partial charge is 0.497 e. The van der Waals surface area contributed by atoms with Gasteiger partial charge in [-0.3, -0.25) is 4.68 Å². The number of rotatable bonds is 7. The maximum absolute atomic E-state index is 5.19. The standard InChI is InChI=1S/C16H23N3O/c1-4-17-15(12-14-9-10-19(2)18-14)11-13-5-7-16(20-3)8-6-13/h5-10,15,17H,4,11-12H2,1-3H3. The molecule has 0 radical (unpaired) electrons. The molecule has 4 heteroatoms. The summed E-state index contributed by atoms with van der Waals surface area (Å²) in [6, 6.07) is 10.8. The lowest BCUT2D eigenvalue weighted by atomic mass is 10.0. The molecule has 0 fully saturated rings. The molecule has 0 saturated carbocycles. The molecule has 0 bridgehead atoms. The van der Waals surface area contributed by atoms with Gasteiger partial charge in [0.2, 0.25) is 0 Å². The first-order chi connectivity index (χ1) is 9.71. The van der Waals surface area contributed by atoms with Crippen molar-refractivity contribution in [2.24, 2.45) is 7.05 Å². The van der Waals surface area contributed by atoms with Crippen molar-refractivity contribution in [2.45, 2.75) is 25.8 Å². The van der Waals surface area contributed by atoms with Gasteiger partial charge in [0.05, 0.1) is 12.8 Å². The molecule has 1 aromatic carbocycles. The van der Waals surface area contributed by atoms with E-state index in [-0.39, 0.29) is 0 Å². The topological polar surface area (TPSA) is 39.1 Å². The van der Waals surface area contributed by atoms with E-state index in [1.807, 2.05) is 30.1 Å². The summed E-state index contributed by atoms with van der Waals surface area (Å²) in [4.78, 5) is 0. The van der Waals surface area contributed by atoms with E-state index in [0.29, 0.717) is 6.04 Å². The number of aromatic nitrogens is 2. The van der Waals surface area contributed by atoms with Crippen LogP contribution < -0.4 is 10.1 Å². The smallest absolute Gasteiger partial charge is 0.118 e. The van der Waals surface area contributed by atoms with Gasteiger partial charge in [0.1, 0.15) is 5.75 Å². The lowest BCUT2D eigenvalue weighted by Gasteiger charge is -2.17. The zero-order chi connectivity index (χ0) is 14.4. The number of hydrogen-bond donors (Lipinski definition) is 1. The molecule has 0 spiro atoms. The molecule has 1 atom stereocenters. The molecule has 20 heavy (non-hydrogen) atoms. The van der Waals surface area contributed by atoms with E-state index in [4.69, 9.17) is 4.74 Å². The van der Waals surface area contributed by atoms with Crippen LogP contribution in [-0.2, 0) is 19.9 Å². The molecule has 0 aliphatic rings. The number of methoxy groups -OCH3 is 1. The van der Waals surface area contributed by atoms with Gasteiger partial charge in [-0.25, -0.2) is 0 Å². The molecule has 108 valence electrons. The molecule has 1 heterocycles. The van der Waals surface area contributed by atoms with Gasteiger partial charge in [-0.15, -0.1) is 0 Å². The zero-order valence-corrected chi connectivity index (χ0v) is 12.5. The van der Waals surface area contributed by atoms with Gasteiger partial charge < -0.3 is 10.1 Å². The van der Waals surface area contributed by atoms with Crippen LogP contribution in [0.15, 0.2) is 36.5 Å². The summed E-state index contributed by atoms with van der Waals surface area (Å²) in [5.41, 5.74) is 2.44. The number of benzene rings is 1. The molecule has 0 aliphatic heterocycles. The number of likely N-dealkylation sites (N-methyl/N-ethyl adjacent to an activating group) is 1. The molecule has 0 amide bonds. The molecule has 1 unspecified atom stereocenters. The predicted octanol–water partition coefficient (Wildman–Crippen LogP) is 2.19. The highest BCUT2D eigenvalue weighted by atomic mass is 16.5. The molecular formula is C16H23N3O. The maximum Gasteiger partial charge on any atom is 0.118 e. The highest BCUT2D eigenvalue weighted by molar-refractivity contribution is 5.27. The number of aryl methyl sites for hydroxylation is 1. The molecule has 2 aromatic rings. The third-order valence-electron chi connectivity index (χ3n) is 3.36. The Hall–Kier alpha value is -1.81. The third kappa shape index (κ3) is 4.10. The zero-order valence-electron chi connectivity index (χ0n) is 12.5. The van der Waals surface area contributed by atoms with Crippen molar-refractivity contribution in [3.63, 3.8) is 0 Å². The second kappa shape index (κ2) is 7.10. The van der Waals surface area contributed by atoms with Crippen molar-refractivity contribution in [3.8, 4) is 5.75 Å². The Morgan fingerprint density at radius 3 is 2.50 bits per heavy atom. The third-order valence-corrected chi connectivity index (χ3v) is 3.36. The average molecular weight is 273 g/mol. The Labute approximate surface area is 120 Å². The summed E-state index contributed by atoms with van der Waals surface area (Å²) in [7, 11) is 3.65. The second-order valence-corrected chi connectivity index (χ2v) is 4.99. The first-order valence-electron chi connectivity index (χ1n) is 7.06. The summed E-state index contributed by atoms with van der Waals surface area (Å²) in [6.07, 6.45) is 3.93. The minimum absolute atomic E-state index is 0.406. The van der Waals surface area contributed by atoms with Crippen molar-refractivity contribution >= 4 is 0 Å². The van der Waals surface area contributed by atoms with Crippen molar-refractivity contribution < 1.29 is 4.74 Å². The highest BCUT2D eigenvalue weighted by Crippen LogP contribution is 2.14. The molecule has 4 nitrogen and oxygen atoms in total.